The van der Waals surface area contributed by atoms with Crippen LogP contribution in [-0.4, -0.2) is 62.7 Å². The number of sulfone groups is 1. The van der Waals surface area contributed by atoms with Crippen molar-refractivity contribution in [3.8, 4) is 5.75 Å². The van der Waals surface area contributed by atoms with Crippen molar-refractivity contribution in [1.29, 1.82) is 0 Å². The minimum atomic E-state index is -3.49. The number of hydrogen-bond donors (Lipinski definition) is 4. The summed E-state index contributed by atoms with van der Waals surface area (Å²) in [6, 6.07) is 4.91. The van der Waals surface area contributed by atoms with Gasteiger partial charge in [0.25, 0.3) is 5.91 Å². The second kappa shape index (κ2) is 11.9. The summed E-state index contributed by atoms with van der Waals surface area (Å²) in [5, 5.41) is 20.3. The Morgan fingerprint density at radius 2 is 1.71 bits per heavy atom. The normalized spacial score (nSPS) is 17.8. The number of nitrogens with one attached hydrogen (secondary N) is 2. The van der Waals surface area contributed by atoms with Crippen molar-refractivity contribution in [2.24, 2.45) is 5.92 Å². The molecule has 1 aromatic rings. The number of hydrogen-bond acceptors (Lipinski definition) is 6. The van der Waals surface area contributed by atoms with Crippen LogP contribution in [0.2, 0.25) is 0 Å². The lowest BCUT2D eigenvalue weighted by Crippen LogP contribution is -2.36. The Balaban J connectivity index is 0.000000785. The second-order valence-corrected chi connectivity index (χ2v) is 10.0. The number of benzene rings is 1. The van der Waals surface area contributed by atoms with Crippen LogP contribution in [0.25, 0.3) is 0 Å². The summed E-state index contributed by atoms with van der Waals surface area (Å²) >= 11 is 0. The summed E-state index contributed by atoms with van der Waals surface area (Å²) in [4.78, 5) is 21.2. The first-order chi connectivity index (χ1) is 14.7. The van der Waals surface area contributed by atoms with E-state index in [9.17, 15) is 13.2 Å². The van der Waals surface area contributed by atoms with Gasteiger partial charge in [-0.25, -0.2) is 13.2 Å². The molecule has 3 rings (SSSR count). The Hall–Kier alpha value is -2.33. The first-order valence-corrected chi connectivity index (χ1v) is 12.5. The van der Waals surface area contributed by atoms with E-state index in [1.807, 2.05) is 0 Å². The van der Waals surface area contributed by atoms with E-state index in [-0.39, 0.29) is 16.8 Å². The zero-order valence-electron chi connectivity index (χ0n) is 17.8. The molecule has 1 amide bonds. The highest BCUT2D eigenvalue weighted by molar-refractivity contribution is 7.90. The third-order valence-corrected chi connectivity index (χ3v) is 6.60. The first-order valence-electron chi connectivity index (χ1n) is 10.6. The van der Waals surface area contributed by atoms with Gasteiger partial charge in [-0.2, -0.15) is 0 Å². The van der Waals surface area contributed by atoms with Crippen molar-refractivity contribution in [3.05, 3.63) is 23.8 Å². The lowest BCUT2D eigenvalue weighted by atomic mass is 9.95. The van der Waals surface area contributed by atoms with Crippen molar-refractivity contribution >= 4 is 21.9 Å². The highest BCUT2D eigenvalue weighted by Gasteiger charge is 2.22. The molecule has 0 aromatic heterocycles. The van der Waals surface area contributed by atoms with Crippen LogP contribution >= 0.6 is 0 Å². The lowest BCUT2D eigenvalue weighted by molar-refractivity contribution is 0.0927. The molecular formula is C21H32N2O7S. The maximum Gasteiger partial charge on any atom is 0.503 e. The van der Waals surface area contributed by atoms with Crippen LogP contribution in [0.4, 0.5) is 4.79 Å². The fourth-order valence-corrected chi connectivity index (χ4v) is 4.66. The first kappa shape index (κ1) is 24.9. The van der Waals surface area contributed by atoms with E-state index in [4.69, 9.17) is 19.7 Å². The van der Waals surface area contributed by atoms with E-state index >= 15 is 0 Å². The number of rotatable bonds is 6. The van der Waals surface area contributed by atoms with E-state index in [0.717, 1.165) is 57.9 Å². The van der Waals surface area contributed by atoms with Crippen molar-refractivity contribution in [1.82, 2.24) is 10.6 Å². The largest absolute Gasteiger partial charge is 0.503 e. The van der Waals surface area contributed by atoms with Gasteiger partial charge in [-0.05, 0) is 62.9 Å². The van der Waals surface area contributed by atoms with Crippen LogP contribution in [0.1, 0.15) is 55.3 Å². The molecular weight excluding hydrogens is 424 g/mol. The van der Waals surface area contributed by atoms with E-state index in [1.165, 1.54) is 12.5 Å². The summed E-state index contributed by atoms with van der Waals surface area (Å²) < 4.78 is 30.3. The fourth-order valence-electron chi connectivity index (χ4n) is 3.83. The van der Waals surface area contributed by atoms with Crippen molar-refractivity contribution in [2.75, 3.05) is 26.0 Å². The average Bonchev–Trinajstić information content (AvgIpc) is 2.72. The molecule has 1 aromatic carbocycles. The van der Waals surface area contributed by atoms with Gasteiger partial charge < -0.3 is 25.6 Å². The molecule has 2 aliphatic rings. The predicted molar refractivity (Wildman–Crippen MR) is 116 cm³/mol. The molecule has 0 bridgehead atoms. The van der Waals surface area contributed by atoms with Crippen LogP contribution in [0.3, 0.4) is 0 Å². The smallest absolute Gasteiger partial charge is 0.492 e. The molecule has 31 heavy (non-hydrogen) atoms. The average molecular weight is 457 g/mol. The van der Waals surface area contributed by atoms with Gasteiger partial charge in [0.15, 0.2) is 9.84 Å². The maximum atomic E-state index is 12.6. The van der Waals surface area contributed by atoms with Crippen LogP contribution in [-0.2, 0) is 9.84 Å². The van der Waals surface area contributed by atoms with Crippen molar-refractivity contribution in [3.63, 3.8) is 0 Å². The van der Waals surface area contributed by atoms with E-state index in [0.29, 0.717) is 23.8 Å². The second-order valence-electron chi connectivity index (χ2n) is 8.03. The number of carboxylic acid groups (broad SMARTS) is 2. The summed E-state index contributed by atoms with van der Waals surface area (Å²) in [7, 11) is -3.49. The van der Waals surface area contributed by atoms with Gasteiger partial charge >= 0.3 is 6.16 Å². The Morgan fingerprint density at radius 1 is 1.10 bits per heavy atom. The molecule has 1 aliphatic carbocycles. The molecule has 1 aliphatic heterocycles. The monoisotopic (exact) mass is 456 g/mol. The molecule has 1 saturated carbocycles. The van der Waals surface area contributed by atoms with Gasteiger partial charge in [0.1, 0.15) is 10.6 Å². The van der Waals surface area contributed by atoms with Crippen LogP contribution in [0.5, 0.6) is 5.75 Å². The molecule has 4 N–H and O–H groups in total. The molecule has 174 valence electrons. The van der Waals surface area contributed by atoms with Crippen LogP contribution < -0.4 is 15.4 Å². The number of piperidine rings is 1. The predicted octanol–water partition coefficient (Wildman–Crippen LogP) is 2.75. The van der Waals surface area contributed by atoms with Crippen LogP contribution in [0, 0.1) is 5.92 Å². The molecule has 0 atom stereocenters. The van der Waals surface area contributed by atoms with E-state index in [2.05, 4.69) is 10.6 Å². The number of carbonyl (C=O) groups excluding carboxylic acids is 1. The number of ether oxygens (including phenoxy) is 1. The highest BCUT2D eigenvalue weighted by Crippen LogP contribution is 2.27. The van der Waals surface area contributed by atoms with Gasteiger partial charge in [-0.3, -0.25) is 4.79 Å². The Labute approximate surface area is 183 Å². The molecule has 1 saturated heterocycles. The third-order valence-electron chi connectivity index (χ3n) is 5.48. The summed E-state index contributed by atoms with van der Waals surface area (Å²) in [5.74, 6) is 0.551. The summed E-state index contributed by atoms with van der Waals surface area (Å²) in [6.07, 6.45) is 6.82. The van der Waals surface area contributed by atoms with Gasteiger partial charge in [-0.15, -0.1) is 0 Å². The molecule has 9 nitrogen and oxygen atoms in total. The minimum absolute atomic E-state index is 0.0905. The Morgan fingerprint density at radius 3 is 2.29 bits per heavy atom. The topological polar surface area (TPSA) is 142 Å². The van der Waals surface area contributed by atoms with Gasteiger partial charge in [0, 0.05) is 17.9 Å². The Bertz CT molecular complexity index is 841. The lowest BCUT2D eigenvalue weighted by Gasteiger charge is -2.24. The zero-order valence-corrected chi connectivity index (χ0v) is 18.6. The van der Waals surface area contributed by atoms with Gasteiger partial charge in [0.2, 0.25) is 0 Å². The molecule has 0 radical (unpaired) electrons. The van der Waals surface area contributed by atoms with Gasteiger partial charge in [0.05, 0.1) is 6.61 Å². The molecule has 0 unspecified atom stereocenters. The van der Waals surface area contributed by atoms with Crippen molar-refractivity contribution in [2.45, 2.75) is 55.9 Å². The van der Waals surface area contributed by atoms with E-state index in [1.54, 1.807) is 12.1 Å². The SMILES string of the molecule is CS(=O)(=O)c1cc(C(=O)NC2CCCCC2)ccc1OCC1CCNCC1.O=C(O)O. The molecule has 10 heteroatoms. The number of amides is 1. The fraction of sp³-hybridized carbons (Fsp3) is 0.619. The maximum absolute atomic E-state index is 12.6. The van der Waals surface area contributed by atoms with Crippen molar-refractivity contribution < 1.29 is 33.0 Å². The molecule has 1 heterocycles. The zero-order chi connectivity index (χ0) is 22.9. The van der Waals surface area contributed by atoms with Crippen LogP contribution in [0.15, 0.2) is 23.1 Å². The minimum Gasteiger partial charge on any atom is -0.492 e. The van der Waals surface area contributed by atoms with Gasteiger partial charge in [-0.1, -0.05) is 19.3 Å². The molecule has 2 fully saturated rings. The number of carbonyl (C=O) groups is 2. The highest BCUT2D eigenvalue weighted by atomic mass is 32.2. The molecule has 0 spiro atoms. The summed E-state index contributed by atoms with van der Waals surface area (Å²) in [6.45, 7) is 2.43. The quantitative estimate of drug-likeness (QED) is 0.512. The Kier molecular flexibility index (Phi) is 9.57. The van der Waals surface area contributed by atoms with E-state index < -0.39 is 16.0 Å². The standard InChI is InChI=1S/C20H30N2O4S.CH2O3/c1-27(24,25)19-13-16(20(23)22-17-5-3-2-4-6-17)7-8-18(19)26-14-15-9-11-21-12-10-15;2-1(3)4/h7-8,13,15,17,21H,2-6,9-12,14H2,1H3,(H,22,23);(H2,2,3,4). The third kappa shape index (κ3) is 8.74. The summed E-state index contributed by atoms with van der Waals surface area (Å²) in [5.41, 5.74) is 0.371.